The highest BCUT2D eigenvalue weighted by atomic mass is 35.5. The Morgan fingerprint density at radius 1 is 1.06 bits per heavy atom. The number of esters is 1. The van der Waals surface area contributed by atoms with Crippen LogP contribution in [-0.2, 0) is 16.1 Å². The van der Waals surface area contributed by atoms with E-state index in [4.69, 9.17) is 16.3 Å². The number of hydrogen-bond donors (Lipinski definition) is 1. The standard InChI is InChI=1S/C24H23ClN2O4/c1-15-12-20(22(28)26-21(24(30)31-3)18-9-5-4-6-10-18)23(29)27(16(15)2)14-17-8-7-11-19(25)13-17/h4-13,21H,14H2,1-3H3,(H,26,28). The summed E-state index contributed by atoms with van der Waals surface area (Å²) in [4.78, 5) is 38.5. The van der Waals surface area contributed by atoms with Crippen LogP contribution >= 0.6 is 11.6 Å². The Hall–Kier alpha value is -3.38. The largest absolute Gasteiger partial charge is 0.467 e. The summed E-state index contributed by atoms with van der Waals surface area (Å²) in [6.07, 6.45) is 0. The highest BCUT2D eigenvalue weighted by molar-refractivity contribution is 6.30. The summed E-state index contributed by atoms with van der Waals surface area (Å²) in [5.74, 6) is -1.27. The van der Waals surface area contributed by atoms with Crippen molar-refractivity contribution in [2.24, 2.45) is 0 Å². The second-order valence-electron chi connectivity index (χ2n) is 7.19. The quantitative estimate of drug-likeness (QED) is 0.593. The van der Waals surface area contributed by atoms with Crippen molar-refractivity contribution in [2.45, 2.75) is 26.4 Å². The Morgan fingerprint density at radius 2 is 1.77 bits per heavy atom. The summed E-state index contributed by atoms with van der Waals surface area (Å²) in [7, 11) is 1.25. The average Bonchev–Trinajstić information content (AvgIpc) is 2.77. The number of pyridine rings is 1. The topological polar surface area (TPSA) is 77.4 Å². The summed E-state index contributed by atoms with van der Waals surface area (Å²) in [6.45, 7) is 3.92. The molecule has 1 N–H and O–H groups in total. The summed E-state index contributed by atoms with van der Waals surface area (Å²) in [6, 6.07) is 16.4. The van der Waals surface area contributed by atoms with Crippen LogP contribution in [0.1, 0.15) is 38.8 Å². The Morgan fingerprint density at radius 3 is 2.42 bits per heavy atom. The zero-order chi connectivity index (χ0) is 22.5. The predicted molar refractivity (Wildman–Crippen MR) is 119 cm³/mol. The first-order chi connectivity index (χ1) is 14.8. The van der Waals surface area contributed by atoms with E-state index in [1.165, 1.54) is 11.7 Å². The number of nitrogens with zero attached hydrogens (tertiary/aromatic N) is 1. The first kappa shape index (κ1) is 22.3. The molecule has 1 heterocycles. The molecule has 0 bridgehead atoms. The van der Waals surface area contributed by atoms with E-state index >= 15 is 0 Å². The lowest BCUT2D eigenvalue weighted by molar-refractivity contribution is -0.143. The van der Waals surface area contributed by atoms with Crippen LogP contribution in [-0.4, -0.2) is 23.6 Å². The lowest BCUT2D eigenvalue weighted by Crippen LogP contribution is -2.39. The number of benzene rings is 2. The van der Waals surface area contributed by atoms with Gasteiger partial charge in [0, 0.05) is 10.7 Å². The van der Waals surface area contributed by atoms with Crippen LogP contribution in [0, 0.1) is 13.8 Å². The number of aromatic nitrogens is 1. The molecule has 0 aliphatic rings. The third-order valence-electron chi connectivity index (χ3n) is 5.13. The number of rotatable bonds is 6. The van der Waals surface area contributed by atoms with E-state index in [1.807, 2.05) is 26.0 Å². The van der Waals surface area contributed by atoms with E-state index in [1.54, 1.807) is 48.5 Å². The highest BCUT2D eigenvalue weighted by Gasteiger charge is 2.26. The predicted octanol–water partition coefficient (Wildman–Crippen LogP) is 3.81. The molecule has 3 aromatic rings. The fourth-order valence-electron chi connectivity index (χ4n) is 3.31. The van der Waals surface area contributed by atoms with E-state index in [0.717, 1.165) is 16.8 Å². The van der Waals surface area contributed by atoms with Crippen molar-refractivity contribution in [3.63, 3.8) is 0 Å². The second-order valence-corrected chi connectivity index (χ2v) is 7.62. The van der Waals surface area contributed by atoms with Crippen molar-refractivity contribution in [3.05, 3.63) is 104 Å². The molecule has 0 radical (unpaired) electrons. The van der Waals surface area contributed by atoms with Crippen LogP contribution in [0.15, 0.2) is 65.5 Å². The number of ether oxygens (including phenoxy) is 1. The van der Waals surface area contributed by atoms with Gasteiger partial charge in [0.25, 0.3) is 11.5 Å². The Balaban J connectivity index is 1.98. The molecule has 1 amide bonds. The number of methoxy groups -OCH3 is 1. The van der Waals surface area contributed by atoms with Gasteiger partial charge in [-0.2, -0.15) is 0 Å². The van der Waals surface area contributed by atoms with Crippen molar-refractivity contribution in [3.8, 4) is 0 Å². The van der Waals surface area contributed by atoms with Gasteiger partial charge < -0.3 is 14.6 Å². The van der Waals surface area contributed by atoms with Crippen molar-refractivity contribution in [2.75, 3.05) is 7.11 Å². The molecule has 0 saturated heterocycles. The van der Waals surface area contributed by atoms with E-state index in [-0.39, 0.29) is 12.1 Å². The molecule has 3 rings (SSSR count). The molecule has 1 aromatic heterocycles. The minimum Gasteiger partial charge on any atom is -0.467 e. The lowest BCUT2D eigenvalue weighted by atomic mass is 10.1. The van der Waals surface area contributed by atoms with Crippen LogP contribution in [0.5, 0.6) is 0 Å². The van der Waals surface area contributed by atoms with Crippen molar-refractivity contribution in [1.29, 1.82) is 0 Å². The second kappa shape index (κ2) is 9.62. The summed E-state index contributed by atoms with van der Waals surface area (Å²) < 4.78 is 6.37. The zero-order valence-corrected chi connectivity index (χ0v) is 18.3. The molecule has 1 unspecified atom stereocenters. The Bertz CT molecular complexity index is 1170. The fourth-order valence-corrected chi connectivity index (χ4v) is 3.53. The van der Waals surface area contributed by atoms with Gasteiger partial charge in [-0.25, -0.2) is 4.79 Å². The van der Waals surface area contributed by atoms with E-state index in [9.17, 15) is 14.4 Å². The number of amides is 1. The van der Waals surface area contributed by atoms with Gasteiger partial charge >= 0.3 is 5.97 Å². The third-order valence-corrected chi connectivity index (χ3v) is 5.37. The molecule has 31 heavy (non-hydrogen) atoms. The number of carbonyl (C=O) groups excluding carboxylic acids is 2. The minimum absolute atomic E-state index is 0.0463. The van der Waals surface area contributed by atoms with Crippen LogP contribution in [0.3, 0.4) is 0 Å². The van der Waals surface area contributed by atoms with Crippen molar-refractivity contribution < 1.29 is 14.3 Å². The van der Waals surface area contributed by atoms with Crippen molar-refractivity contribution >= 4 is 23.5 Å². The Labute approximate surface area is 185 Å². The number of hydrogen-bond acceptors (Lipinski definition) is 4. The van der Waals surface area contributed by atoms with Crippen LogP contribution in [0.4, 0.5) is 0 Å². The molecule has 6 nitrogen and oxygen atoms in total. The van der Waals surface area contributed by atoms with Gasteiger partial charge in [0.2, 0.25) is 0 Å². The fraction of sp³-hybridized carbons (Fsp3) is 0.208. The molecule has 0 aliphatic heterocycles. The maximum absolute atomic E-state index is 13.2. The first-order valence-corrected chi connectivity index (χ1v) is 10.1. The number of carbonyl (C=O) groups is 2. The van der Waals surface area contributed by atoms with Gasteiger partial charge in [0.15, 0.2) is 6.04 Å². The molecule has 160 valence electrons. The van der Waals surface area contributed by atoms with E-state index < -0.39 is 23.5 Å². The van der Waals surface area contributed by atoms with Gasteiger partial charge in [0.05, 0.1) is 13.7 Å². The number of halogens is 1. The van der Waals surface area contributed by atoms with Gasteiger partial charge in [-0.05, 0) is 48.7 Å². The molecule has 0 fully saturated rings. The normalized spacial score (nSPS) is 11.6. The summed E-state index contributed by atoms with van der Waals surface area (Å²) in [5, 5.41) is 3.21. The summed E-state index contributed by atoms with van der Waals surface area (Å²) in [5.41, 5.74) is 2.43. The number of aryl methyl sites for hydroxylation is 1. The summed E-state index contributed by atoms with van der Waals surface area (Å²) >= 11 is 6.07. The molecule has 2 aromatic carbocycles. The maximum atomic E-state index is 13.2. The monoisotopic (exact) mass is 438 g/mol. The Kier molecular flexibility index (Phi) is 6.92. The van der Waals surface area contributed by atoms with Crippen LogP contribution in [0.2, 0.25) is 5.02 Å². The van der Waals surface area contributed by atoms with Crippen molar-refractivity contribution in [1.82, 2.24) is 9.88 Å². The van der Waals surface area contributed by atoms with Crippen LogP contribution < -0.4 is 10.9 Å². The van der Waals surface area contributed by atoms with Gasteiger partial charge in [-0.1, -0.05) is 54.1 Å². The third kappa shape index (κ3) is 5.03. The SMILES string of the molecule is COC(=O)C(NC(=O)c1cc(C)c(C)n(Cc2cccc(Cl)c2)c1=O)c1ccccc1. The average molecular weight is 439 g/mol. The van der Waals surface area contributed by atoms with E-state index in [2.05, 4.69) is 5.32 Å². The van der Waals surface area contributed by atoms with E-state index in [0.29, 0.717) is 10.6 Å². The smallest absolute Gasteiger partial charge is 0.333 e. The number of nitrogens with one attached hydrogen (secondary N) is 1. The first-order valence-electron chi connectivity index (χ1n) is 9.71. The highest BCUT2D eigenvalue weighted by Crippen LogP contribution is 2.17. The molecule has 0 spiro atoms. The van der Waals surface area contributed by atoms with Gasteiger partial charge in [0.1, 0.15) is 5.56 Å². The lowest BCUT2D eigenvalue weighted by Gasteiger charge is -2.18. The molecular weight excluding hydrogens is 416 g/mol. The van der Waals surface area contributed by atoms with Gasteiger partial charge in [-0.3, -0.25) is 9.59 Å². The molecule has 0 saturated carbocycles. The molecular formula is C24H23ClN2O4. The maximum Gasteiger partial charge on any atom is 0.333 e. The zero-order valence-electron chi connectivity index (χ0n) is 17.5. The molecule has 0 aliphatic carbocycles. The van der Waals surface area contributed by atoms with Gasteiger partial charge in [-0.15, -0.1) is 0 Å². The minimum atomic E-state index is -1.03. The molecule has 7 heteroatoms. The van der Waals surface area contributed by atoms with Crippen LogP contribution in [0.25, 0.3) is 0 Å². The molecule has 1 atom stereocenters.